The van der Waals surface area contributed by atoms with Crippen molar-refractivity contribution in [2.75, 3.05) is 18.1 Å². The van der Waals surface area contributed by atoms with Crippen LogP contribution in [-0.4, -0.2) is 21.9 Å². The molecule has 0 unspecified atom stereocenters. The Hall–Kier alpha value is -2.61. The fourth-order valence-corrected chi connectivity index (χ4v) is 1.64. The number of nitro groups is 1. The van der Waals surface area contributed by atoms with Crippen LogP contribution >= 0.6 is 11.6 Å². The van der Waals surface area contributed by atoms with Gasteiger partial charge in [-0.15, -0.1) is 0 Å². The minimum absolute atomic E-state index is 0.0323. The molecule has 1 aromatic heterocycles. The largest absolute Gasteiger partial charge is 0.437 e. The number of hydrogen-bond acceptors (Lipinski definition) is 7. The maximum absolute atomic E-state index is 10.6. The summed E-state index contributed by atoms with van der Waals surface area (Å²) in [6.07, 6.45) is 0. The summed E-state index contributed by atoms with van der Waals surface area (Å²) in [5.74, 6) is 0.922. The molecule has 20 heavy (non-hydrogen) atoms. The summed E-state index contributed by atoms with van der Waals surface area (Å²) < 4.78 is 5.44. The molecule has 104 valence electrons. The molecule has 0 spiro atoms. The molecule has 0 aliphatic rings. The summed E-state index contributed by atoms with van der Waals surface area (Å²) in [6.45, 7) is 0. The summed E-state index contributed by atoms with van der Waals surface area (Å²) in [4.78, 5) is 17.9. The molecule has 0 saturated heterocycles. The number of nitrogen functional groups attached to an aromatic ring is 1. The van der Waals surface area contributed by atoms with Crippen LogP contribution < -0.4 is 15.8 Å². The van der Waals surface area contributed by atoms with E-state index in [0.29, 0.717) is 5.82 Å². The topological polar surface area (TPSA) is 116 Å². The van der Waals surface area contributed by atoms with Gasteiger partial charge in [0.05, 0.1) is 9.95 Å². The van der Waals surface area contributed by atoms with E-state index in [9.17, 15) is 10.1 Å². The molecule has 0 bridgehead atoms. The van der Waals surface area contributed by atoms with E-state index >= 15 is 0 Å². The lowest BCUT2D eigenvalue weighted by atomic mass is 10.3. The van der Waals surface area contributed by atoms with Crippen molar-refractivity contribution < 1.29 is 9.66 Å². The van der Waals surface area contributed by atoms with Crippen molar-refractivity contribution >= 4 is 29.1 Å². The first kappa shape index (κ1) is 13.8. The Labute approximate surface area is 118 Å². The molecule has 2 aromatic rings. The predicted octanol–water partition coefficient (Wildman–Crippen LogP) is 2.45. The molecule has 0 aliphatic heterocycles. The Morgan fingerprint density at radius 1 is 1.40 bits per heavy atom. The molecule has 0 saturated carbocycles. The monoisotopic (exact) mass is 295 g/mol. The van der Waals surface area contributed by atoms with Crippen molar-refractivity contribution in [3.05, 3.63) is 39.4 Å². The molecule has 9 heteroatoms. The molecule has 0 aliphatic carbocycles. The number of halogens is 1. The third-order valence-electron chi connectivity index (χ3n) is 2.32. The van der Waals surface area contributed by atoms with Gasteiger partial charge in [-0.3, -0.25) is 10.1 Å². The standard InChI is InChI=1S/C11H10ClN5O3/c1-14-9-5-10(16-11(13)15-9)20-8-3-2-6(17(18)19)4-7(8)12/h2-5H,1H3,(H3,13,14,15,16). The van der Waals surface area contributed by atoms with E-state index < -0.39 is 4.92 Å². The van der Waals surface area contributed by atoms with Crippen molar-refractivity contribution in [3.8, 4) is 11.6 Å². The quantitative estimate of drug-likeness (QED) is 0.657. The minimum atomic E-state index is -0.544. The zero-order valence-electron chi connectivity index (χ0n) is 10.3. The molecular weight excluding hydrogens is 286 g/mol. The lowest BCUT2D eigenvalue weighted by Gasteiger charge is -2.08. The number of benzene rings is 1. The molecule has 0 radical (unpaired) electrons. The van der Waals surface area contributed by atoms with Gasteiger partial charge < -0.3 is 15.8 Å². The van der Waals surface area contributed by atoms with Crippen LogP contribution in [0.5, 0.6) is 11.6 Å². The second-order valence-corrected chi connectivity index (χ2v) is 4.08. The van der Waals surface area contributed by atoms with E-state index in [1.807, 2.05) is 0 Å². The number of nitrogens with one attached hydrogen (secondary N) is 1. The number of hydrogen-bond donors (Lipinski definition) is 2. The Balaban J connectivity index is 2.30. The van der Waals surface area contributed by atoms with Crippen LogP contribution in [-0.2, 0) is 0 Å². The number of nitro benzene ring substituents is 1. The summed E-state index contributed by atoms with van der Waals surface area (Å²) in [7, 11) is 1.67. The second-order valence-electron chi connectivity index (χ2n) is 3.67. The average molecular weight is 296 g/mol. The molecule has 2 rings (SSSR count). The highest BCUT2D eigenvalue weighted by Crippen LogP contribution is 2.32. The molecule has 8 nitrogen and oxygen atoms in total. The van der Waals surface area contributed by atoms with E-state index in [4.69, 9.17) is 22.1 Å². The van der Waals surface area contributed by atoms with Crippen LogP contribution in [0.3, 0.4) is 0 Å². The molecular formula is C11H10ClN5O3. The zero-order valence-corrected chi connectivity index (χ0v) is 11.1. The molecule has 1 aromatic carbocycles. The van der Waals surface area contributed by atoms with Gasteiger partial charge in [0, 0.05) is 25.2 Å². The Kier molecular flexibility index (Phi) is 3.85. The highest BCUT2D eigenvalue weighted by Gasteiger charge is 2.12. The highest BCUT2D eigenvalue weighted by molar-refractivity contribution is 6.32. The third-order valence-corrected chi connectivity index (χ3v) is 2.61. The van der Waals surface area contributed by atoms with Crippen LogP contribution in [0.25, 0.3) is 0 Å². The van der Waals surface area contributed by atoms with Crippen molar-refractivity contribution in [3.63, 3.8) is 0 Å². The Morgan fingerprint density at radius 2 is 2.15 bits per heavy atom. The van der Waals surface area contributed by atoms with Crippen LogP contribution in [0.4, 0.5) is 17.5 Å². The van der Waals surface area contributed by atoms with Gasteiger partial charge in [0.2, 0.25) is 11.8 Å². The predicted molar refractivity (Wildman–Crippen MR) is 74.2 cm³/mol. The van der Waals surface area contributed by atoms with Crippen LogP contribution in [0.1, 0.15) is 0 Å². The summed E-state index contributed by atoms with van der Waals surface area (Å²) in [6, 6.07) is 5.39. The van der Waals surface area contributed by atoms with Gasteiger partial charge in [0.25, 0.3) is 5.69 Å². The van der Waals surface area contributed by atoms with Crippen molar-refractivity contribution in [1.29, 1.82) is 0 Å². The van der Waals surface area contributed by atoms with Crippen molar-refractivity contribution in [2.45, 2.75) is 0 Å². The number of anilines is 2. The number of rotatable bonds is 4. The van der Waals surface area contributed by atoms with Gasteiger partial charge in [-0.1, -0.05) is 11.6 Å². The number of non-ortho nitro benzene ring substituents is 1. The first-order valence-corrected chi connectivity index (χ1v) is 5.81. The Morgan fingerprint density at radius 3 is 2.75 bits per heavy atom. The van der Waals surface area contributed by atoms with E-state index in [1.165, 1.54) is 24.3 Å². The first-order valence-electron chi connectivity index (χ1n) is 5.43. The van der Waals surface area contributed by atoms with E-state index in [2.05, 4.69) is 15.3 Å². The highest BCUT2D eigenvalue weighted by atomic mass is 35.5. The maximum Gasteiger partial charge on any atom is 0.271 e. The fraction of sp³-hybridized carbons (Fsp3) is 0.0909. The van der Waals surface area contributed by atoms with Gasteiger partial charge in [0.15, 0.2) is 0 Å². The van der Waals surface area contributed by atoms with E-state index in [-0.39, 0.29) is 28.3 Å². The van der Waals surface area contributed by atoms with E-state index in [1.54, 1.807) is 7.05 Å². The molecule has 3 N–H and O–H groups in total. The average Bonchev–Trinajstić information content (AvgIpc) is 2.40. The molecule has 0 amide bonds. The minimum Gasteiger partial charge on any atom is -0.437 e. The van der Waals surface area contributed by atoms with Crippen LogP contribution in [0.2, 0.25) is 5.02 Å². The van der Waals surface area contributed by atoms with Gasteiger partial charge >= 0.3 is 0 Å². The van der Waals surface area contributed by atoms with E-state index in [0.717, 1.165) is 0 Å². The number of nitrogens with zero attached hydrogens (tertiary/aromatic N) is 3. The Bertz CT molecular complexity index is 665. The fourth-order valence-electron chi connectivity index (χ4n) is 1.42. The first-order chi connectivity index (χ1) is 9.49. The van der Waals surface area contributed by atoms with Crippen LogP contribution in [0.15, 0.2) is 24.3 Å². The van der Waals surface area contributed by atoms with Gasteiger partial charge in [-0.2, -0.15) is 9.97 Å². The third kappa shape index (κ3) is 3.04. The lowest BCUT2D eigenvalue weighted by Crippen LogP contribution is -2.01. The zero-order chi connectivity index (χ0) is 14.7. The lowest BCUT2D eigenvalue weighted by molar-refractivity contribution is -0.384. The summed E-state index contributed by atoms with van der Waals surface area (Å²) >= 11 is 5.92. The molecule has 0 fully saturated rings. The van der Waals surface area contributed by atoms with Crippen molar-refractivity contribution in [1.82, 2.24) is 9.97 Å². The van der Waals surface area contributed by atoms with Crippen molar-refractivity contribution in [2.24, 2.45) is 0 Å². The number of ether oxygens (including phenoxy) is 1. The second kappa shape index (κ2) is 5.57. The number of aromatic nitrogens is 2. The molecule has 1 heterocycles. The van der Waals surface area contributed by atoms with Gasteiger partial charge in [-0.05, 0) is 6.07 Å². The SMILES string of the molecule is CNc1cc(Oc2ccc([N+](=O)[O-])cc2Cl)nc(N)n1. The normalized spacial score (nSPS) is 10.1. The summed E-state index contributed by atoms with van der Waals surface area (Å²) in [5.41, 5.74) is 5.40. The number of nitrogens with two attached hydrogens (primary N) is 1. The van der Waals surface area contributed by atoms with Gasteiger partial charge in [-0.25, -0.2) is 0 Å². The van der Waals surface area contributed by atoms with Crippen LogP contribution in [0, 0.1) is 10.1 Å². The molecule has 0 atom stereocenters. The van der Waals surface area contributed by atoms with Gasteiger partial charge in [0.1, 0.15) is 11.6 Å². The smallest absolute Gasteiger partial charge is 0.271 e. The maximum atomic E-state index is 10.6. The summed E-state index contributed by atoms with van der Waals surface area (Å²) in [5, 5.41) is 13.5.